The van der Waals surface area contributed by atoms with E-state index in [1.54, 1.807) is 0 Å². The molecule has 1 unspecified atom stereocenters. The summed E-state index contributed by atoms with van der Waals surface area (Å²) >= 11 is 0. The van der Waals surface area contributed by atoms with Crippen LogP contribution in [0.15, 0.2) is 0 Å². The van der Waals surface area contributed by atoms with E-state index in [-0.39, 0.29) is 0 Å². The Hall–Kier alpha value is -0.0400. The van der Waals surface area contributed by atoms with Crippen molar-refractivity contribution in [1.82, 2.24) is 5.32 Å². The first-order valence-corrected chi connectivity index (χ1v) is 6.99. The van der Waals surface area contributed by atoms with Crippen LogP contribution in [0.1, 0.15) is 65.2 Å². The molecule has 0 heterocycles. The Bertz CT molecular complexity index is 145. The lowest BCUT2D eigenvalue weighted by Crippen LogP contribution is -2.32. The monoisotopic (exact) mass is 211 g/mol. The van der Waals surface area contributed by atoms with Crippen molar-refractivity contribution in [2.45, 2.75) is 71.3 Å². The van der Waals surface area contributed by atoms with Crippen molar-refractivity contribution in [2.24, 2.45) is 11.8 Å². The maximum Gasteiger partial charge on any atom is 0.00924 e. The summed E-state index contributed by atoms with van der Waals surface area (Å²) in [6.45, 7) is 4.66. The summed E-state index contributed by atoms with van der Waals surface area (Å²) in [6, 6.07) is 0.799. The van der Waals surface area contributed by atoms with E-state index in [0.29, 0.717) is 0 Å². The van der Waals surface area contributed by atoms with Gasteiger partial charge in [-0.3, -0.25) is 0 Å². The molecule has 0 bridgehead atoms. The minimum Gasteiger partial charge on any atom is -0.317 e. The van der Waals surface area contributed by atoms with Gasteiger partial charge in [0.15, 0.2) is 0 Å². The van der Waals surface area contributed by atoms with E-state index in [4.69, 9.17) is 0 Å². The second-order valence-corrected chi connectivity index (χ2v) is 5.20. The standard InChI is InChI=1S/C14H29N/c1-4-12(5-2)10-11-14(15-3)13-8-6-7-9-13/h12-15H,4-11H2,1-3H3. The first kappa shape index (κ1) is 13.0. The zero-order valence-electron chi connectivity index (χ0n) is 10.9. The molecule has 0 aliphatic heterocycles. The Kier molecular flexibility index (Phi) is 6.31. The van der Waals surface area contributed by atoms with E-state index in [0.717, 1.165) is 17.9 Å². The molecule has 1 aliphatic rings. The van der Waals surface area contributed by atoms with Crippen LogP contribution in [-0.4, -0.2) is 13.1 Å². The molecule has 0 aromatic heterocycles. The summed E-state index contributed by atoms with van der Waals surface area (Å²) in [5.74, 6) is 1.94. The SMILES string of the molecule is CCC(CC)CCC(NC)C1CCCC1. The van der Waals surface area contributed by atoms with Gasteiger partial charge in [-0.2, -0.15) is 0 Å². The lowest BCUT2D eigenvalue weighted by atomic mass is 9.89. The van der Waals surface area contributed by atoms with E-state index in [1.807, 2.05) is 0 Å². The third-order valence-corrected chi connectivity index (χ3v) is 4.38. The van der Waals surface area contributed by atoms with Crippen LogP contribution in [0, 0.1) is 11.8 Å². The van der Waals surface area contributed by atoms with E-state index in [1.165, 1.54) is 51.4 Å². The lowest BCUT2D eigenvalue weighted by Gasteiger charge is -2.24. The van der Waals surface area contributed by atoms with Gasteiger partial charge in [0, 0.05) is 6.04 Å². The Balaban J connectivity index is 2.26. The third-order valence-electron chi connectivity index (χ3n) is 4.38. The highest BCUT2D eigenvalue weighted by Crippen LogP contribution is 2.30. The highest BCUT2D eigenvalue weighted by molar-refractivity contribution is 4.80. The van der Waals surface area contributed by atoms with Gasteiger partial charge in [0.2, 0.25) is 0 Å². The minimum atomic E-state index is 0.799. The van der Waals surface area contributed by atoms with Crippen LogP contribution < -0.4 is 5.32 Å². The summed E-state index contributed by atoms with van der Waals surface area (Å²) in [5, 5.41) is 3.55. The highest BCUT2D eigenvalue weighted by Gasteiger charge is 2.23. The zero-order chi connectivity index (χ0) is 11.1. The molecule has 1 N–H and O–H groups in total. The van der Waals surface area contributed by atoms with E-state index in [2.05, 4.69) is 26.2 Å². The molecule has 0 amide bonds. The molecular weight excluding hydrogens is 182 g/mol. The maximum absolute atomic E-state index is 3.55. The molecular formula is C14H29N. The summed E-state index contributed by atoms with van der Waals surface area (Å²) in [5.41, 5.74) is 0. The fourth-order valence-corrected chi connectivity index (χ4v) is 3.09. The Labute approximate surface area is 96.0 Å². The average molecular weight is 211 g/mol. The molecule has 90 valence electrons. The predicted octanol–water partition coefficient (Wildman–Crippen LogP) is 3.98. The number of rotatable bonds is 7. The maximum atomic E-state index is 3.55. The average Bonchev–Trinajstić information content (AvgIpc) is 2.78. The molecule has 1 atom stereocenters. The number of hydrogen-bond donors (Lipinski definition) is 1. The van der Waals surface area contributed by atoms with Gasteiger partial charge < -0.3 is 5.32 Å². The second-order valence-electron chi connectivity index (χ2n) is 5.20. The molecule has 1 fully saturated rings. The molecule has 15 heavy (non-hydrogen) atoms. The van der Waals surface area contributed by atoms with Crippen LogP contribution in [-0.2, 0) is 0 Å². The first-order chi connectivity index (χ1) is 7.31. The number of hydrogen-bond acceptors (Lipinski definition) is 1. The molecule has 1 heteroatoms. The topological polar surface area (TPSA) is 12.0 Å². The molecule has 1 saturated carbocycles. The van der Waals surface area contributed by atoms with Gasteiger partial charge in [-0.15, -0.1) is 0 Å². The van der Waals surface area contributed by atoms with Gasteiger partial charge in [-0.1, -0.05) is 39.5 Å². The van der Waals surface area contributed by atoms with Crippen LogP contribution in [0.2, 0.25) is 0 Å². The summed E-state index contributed by atoms with van der Waals surface area (Å²) in [6.07, 6.45) is 11.4. The summed E-state index contributed by atoms with van der Waals surface area (Å²) < 4.78 is 0. The highest BCUT2D eigenvalue weighted by atomic mass is 14.9. The quantitative estimate of drug-likeness (QED) is 0.671. The molecule has 0 aromatic carbocycles. The molecule has 1 nitrogen and oxygen atoms in total. The van der Waals surface area contributed by atoms with E-state index in [9.17, 15) is 0 Å². The van der Waals surface area contributed by atoms with Crippen molar-refractivity contribution in [3.05, 3.63) is 0 Å². The first-order valence-electron chi connectivity index (χ1n) is 6.99. The van der Waals surface area contributed by atoms with Crippen molar-refractivity contribution in [3.8, 4) is 0 Å². The molecule has 0 aromatic rings. The van der Waals surface area contributed by atoms with Crippen molar-refractivity contribution in [1.29, 1.82) is 0 Å². The smallest absolute Gasteiger partial charge is 0.00924 e. The van der Waals surface area contributed by atoms with Gasteiger partial charge in [0.05, 0.1) is 0 Å². The van der Waals surface area contributed by atoms with E-state index < -0.39 is 0 Å². The summed E-state index contributed by atoms with van der Waals surface area (Å²) in [7, 11) is 2.15. The predicted molar refractivity (Wildman–Crippen MR) is 68.1 cm³/mol. The number of nitrogens with one attached hydrogen (secondary N) is 1. The van der Waals surface area contributed by atoms with Crippen molar-refractivity contribution < 1.29 is 0 Å². The summed E-state index contributed by atoms with van der Waals surface area (Å²) in [4.78, 5) is 0. The Morgan fingerprint density at radius 1 is 1.07 bits per heavy atom. The lowest BCUT2D eigenvalue weighted by molar-refractivity contribution is 0.319. The van der Waals surface area contributed by atoms with Crippen molar-refractivity contribution >= 4 is 0 Å². The van der Waals surface area contributed by atoms with Crippen LogP contribution in [0.4, 0.5) is 0 Å². The molecule has 0 radical (unpaired) electrons. The zero-order valence-corrected chi connectivity index (χ0v) is 10.9. The van der Waals surface area contributed by atoms with Crippen molar-refractivity contribution in [2.75, 3.05) is 7.05 Å². The fraction of sp³-hybridized carbons (Fsp3) is 1.00. The second kappa shape index (κ2) is 7.27. The van der Waals surface area contributed by atoms with Crippen LogP contribution >= 0.6 is 0 Å². The fourth-order valence-electron chi connectivity index (χ4n) is 3.09. The van der Waals surface area contributed by atoms with Gasteiger partial charge >= 0.3 is 0 Å². The molecule has 1 rings (SSSR count). The van der Waals surface area contributed by atoms with Gasteiger partial charge in [-0.05, 0) is 44.6 Å². The van der Waals surface area contributed by atoms with Gasteiger partial charge in [0.25, 0.3) is 0 Å². The van der Waals surface area contributed by atoms with E-state index >= 15 is 0 Å². The van der Waals surface area contributed by atoms with Crippen LogP contribution in [0.5, 0.6) is 0 Å². The van der Waals surface area contributed by atoms with Crippen molar-refractivity contribution in [3.63, 3.8) is 0 Å². The molecule has 0 spiro atoms. The Morgan fingerprint density at radius 2 is 1.67 bits per heavy atom. The third kappa shape index (κ3) is 4.14. The van der Waals surface area contributed by atoms with Crippen LogP contribution in [0.3, 0.4) is 0 Å². The van der Waals surface area contributed by atoms with Gasteiger partial charge in [-0.25, -0.2) is 0 Å². The normalized spacial score (nSPS) is 20.0. The van der Waals surface area contributed by atoms with Gasteiger partial charge in [0.1, 0.15) is 0 Å². The van der Waals surface area contributed by atoms with Crippen LogP contribution in [0.25, 0.3) is 0 Å². The Morgan fingerprint density at radius 3 is 2.13 bits per heavy atom. The largest absolute Gasteiger partial charge is 0.317 e. The molecule has 1 aliphatic carbocycles. The molecule has 0 saturated heterocycles. The minimum absolute atomic E-state index is 0.799.